The zero-order valence-electron chi connectivity index (χ0n) is 9.11. The van der Waals surface area contributed by atoms with Crippen molar-refractivity contribution in [2.75, 3.05) is 18.2 Å². The van der Waals surface area contributed by atoms with Gasteiger partial charge in [0.2, 0.25) is 0 Å². The van der Waals surface area contributed by atoms with Crippen LogP contribution in [0.4, 0.5) is 10.8 Å². The molecule has 0 atom stereocenters. The molecule has 6 heteroatoms. The molecule has 0 aliphatic rings. The summed E-state index contributed by atoms with van der Waals surface area (Å²) in [5.41, 5.74) is 6.97. The number of thiophene rings is 1. The number of nitrogens with zero attached hydrogens (tertiary/aromatic N) is 1. The van der Waals surface area contributed by atoms with Gasteiger partial charge in [-0.25, -0.2) is 0 Å². The summed E-state index contributed by atoms with van der Waals surface area (Å²) in [6.45, 7) is 2.88. The molecule has 3 N–H and O–H groups in total. The molecule has 0 aliphatic carbocycles. The molecule has 0 fully saturated rings. The third kappa shape index (κ3) is 2.12. The fraction of sp³-hybridized carbons (Fsp3) is 0.300. The molecule has 0 spiro atoms. The van der Waals surface area contributed by atoms with Crippen LogP contribution in [0.5, 0.6) is 5.75 Å². The lowest BCUT2D eigenvalue weighted by Gasteiger charge is -2.05. The molecular weight excluding hydrogens is 242 g/mol. The largest absolute Gasteiger partial charge is 0.490 e. The van der Waals surface area contributed by atoms with Crippen molar-refractivity contribution < 1.29 is 4.74 Å². The van der Waals surface area contributed by atoms with Crippen molar-refractivity contribution in [3.05, 3.63) is 21.9 Å². The van der Waals surface area contributed by atoms with Gasteiger partial charge in [-0.05, 0) is 35.5 Å². The van der Waals surface area contributed by atoms with Crippen LogP contribution in [0, 0.1) is 6.92 Å². The maximum atomic E-state index is 5.67. The average molecular weight is 255 g/mol. The summed E-state index contributed by atoms with van der Waals surface area (Å²) in [6, 6.07) is 2.11. The van der Waals surface area contributed by atoms with Crippen molar-refractivity contribution in [2.45, 2.75) is 13.5 Å². The first-order valence-electron chi connectivity index (χ1n) is 4.78. The van der Waals surface area contributed by atoms with E-state index in [9.17, 15) is 0 Å². The SMILES string of the molecule is COc1c(N)nsc1NCc1sccc1C. The summed E-state index contributed by atoms with van der Waals surface area (Å²) in [4.78, 5) is 1.31. The van der Waals surface area contributed by atoms with Crippen molar-refractivity contribution in [1.29, 1.82) is 0 Å². The van der Waals surface area contributed by atoms with E-state index < -0.39 is 0 Å². The van der Waals surface area contributed by atoms with Gasteiger partial charge in [0.05, 0.1) is 13.7 Å². The van der Waals surface area contributed by atoms with E-state index in [1.54, 1.807) is 18.4 Å². The van der Waals surface area contributed by atoms with Crippen molar-refractivity contribution in [3.63, 3.8) is 0 Å². The smallest absolute Gasteiger partial charge is 0.197 e. The molecule has 2 heterocycles. The van der Waals surface area contributed by atoms with Crippen LogP contribution in [-0.4, -0.2) is 11.5 Å². The molecule has 4 nitrogen and oxygen atoms in total. The minimum absolute atomic E-state index is 0.443. The van der Waals surface area contributed by atoms with Crippen molar-refractivity contribution in [1.82, 2.24) is 4.37 Å². The number of aryl methyl sites for hydroxylation is 1. The Bertz CT molecular complexity index is 478. The van der Waals surface area contributed by atoms with Crippen LogP contribution in [0.25, 0.3) is 0 Å². The Morgan fingerprint density at radius 1 is 1.56 bits per heavy atom. The first-order valence-corrected chi connectivity index (χ1v) is 6.43. The Labute approximate surface area is 102 Å². The van der Waals surface area contributed by atoms with E-state index in [1.807, 2.05) is 0 Å². The molecule has 2 aromatic rings. The van der Waals surface area contributed by atoms with Crippen LogP contribution in [0.3, 0.4) is 0 Å². The monoisotopic (exact) mass is 255 g/mol. The van der Waals surface area contributed by atoms with Gasteiger partial charge >= 0.3 is 0 Å². The number of anilines is 2. The van der Waals surface area contributed by atoms with E-state index in [-0.39, 0.29) is 0 Å². The number of ether oxygens (including phenoxy) is 1. The van der Waals surface area contributed by atoms with E-state index in [0.29, 0.717) is 11.6 Å². The maximum absolute atomic E-state index is 5.67. The molecule has 0 saturated heterocycles. The van der Waals surface area contributed by atoms with E-state index >= 15 is 0 Å². The average Bonchev–Trinajstić information content (AvgIpc) is 2.82. The topological polar surface area (TPSA) is 60.2 Å². The van der Waals surface area contributed by atoms with Gasteiger partial charge in [0.15, 0.2) is 16.6 Å². The summed E-state index contributed by atoms with van der Waals surface area (Å²) in [5, 5.41) is 6.26. The standard InChI is InChI=1S/C10H13N3OS2/c1-6-3-4-15-7(6)5-12-10-8(14-2)9(11)13-16-10/h3-4,12H,5H2,1-2H3,(H2,11,13). The minimum Gasteiger partial charge on any atom is -0.490 e. The predicted octanol–water partition coefficient (Wildman–Crippen LogP) is 2.72. The van der Waals surface area contributed by atoms with Gasteiger partial charge in [-0.15, -0.1) is 11.3 Å². The van der Waals surface area contributed by atoms with Crippen molar-refractivity contribution in [2.24, 2.45) is 0 Å². The van der Waals surface area contributed by atoms with E-state index in [2.05, 4.69) is 28.1 Å². The van der Waals surface area contributed by atoms with Gasteiger partial charge in [-0.3, -0.25) is 0 Å². The van der Waals surface area contributed by atoms with Gasteiger partial charge in [-0.2, -0.15) is 4.37 Å². The number of aromatic nitrogens is 1. The van der Waals surface area contributed by atoms with Crippen LogP contribution in [0.1, 0.15) is 10.4 Å². The quantitative estimate of drug-likeness (QED) is 0.882. The Balaban J connectivity index is 2.07. The molecule has 0 amide bonds. The highest BCUT2D eigenvalue weighted by molar-refractivity contribution is 7.11. The lowest BCUT2D eigenvalue weighted by Crippen LogP contribution is -1.99. The Hall–Kier alpha value is -1.27. The van der Waals surface area contributed by atoms with Crippen LogP contribution in [-0.2, 0) is 6.54 Å². The maximum Gasteiger partial charge on any atom is 0.197 e. The molecule has 0 bridgehead atoms. The highest BCUT2D eigenvalue weighted by Crippen LogP contribution is 2.35. The highest BCUT2D eigenvalue weighted by atomic mass is 32.1. The van der Waals surface area contributed by atoms with Gasteiger partial charge < -0.3 is 15.8 Å². The predicted molar refractivity (Wildman–Crippen MR) is 69.5 cm³/mol. The van der Waals surface area contributed by atoms with Gasteiger partial charge in [0.25, 0.3) is 0 Å². The highest BCUT2D eigenvalue weighted by Gasteiger charge is 2.11. The van der Waals surface area contributed by atoms with Crippen molar-refractivity contribution in [3.8, 4) is 5.75 Å². The second-order valence-electron chi connectivity index (χ2n) is 3.31. The molecule has 0 aliphatic heterocycles. The number of nitrogen functional groups attached to an aromatic ring is 1. The van der Waals surface area contributed by atoms with E-state index in [4.69, 9.17) is 10.5 Å². The van der Waals surface area contributed by atoms with Crippen LogP contribution >= 0.6 is 22.9 Å². The number of nitrogens with one attached hydrogen (secondary N) is 1. The first-order chi connectivity index (χ1) is 7.72. The molecule has 16 heavy (non-hydrogen) atoms. The van der Waals surface area contributed by atoms with E-state index in [0.717, 1.165) is 11.5 Å². The molecule has 0 radical (unpaired) electrons. The second kappa shape index (κ2) is 4.71. The molecular formula is C10H13N3OS2. The summed E-state index contributed by atoms with van der Waals surface area (Å²) in [6.07, 6.45) is 0. The van der Waals surface area contributed by atoms with Gasteiger partial charge in [0, 0.05) is 4.88 Å². The molecule has 0 aromatic carbocycles. The molecule has 0 unspecified atom stereocenters. The van der Waals surface area contributed by atoms with Crippen LogP contribution in [0.2, 0.25) is 0 Å². The van der Waals surface area contributed by atoms with Crippen LogP contribution in [0.15, 0.2) is 11.4 Å². The second-order valence-corrected chi connectivity index (χ2v) is 5.08. The summed E-state index contributed by atoms with van der Waals surface area (Å²) >= 11 is 3.06. The van der Waals surface area contributed by atoms with Gasteiger partial charge in [0.1, 0.15) is 0 Å². The zero-order chi connectivity index (χ0) is 11.5. The lowest BCUT2D eigenvalue weighted by atomic mass is 10.3. The molecule has 2 aromatic heterocycles. The Morgan fingerprint density at radius 3 is 3.00 bits per heavy atom. The van der Waals surface area contributed by atoms with Crippen molar-refractivity contribution >= 4 is 33.7 Å². The molecule has 2 rings (SSSR count). The third-order valence-electron chi connectivity index (χ3n) is 2.26. The number of rotatable bonds is 4. The number of hydrogen-bond donors (Lipinski definition) is 2. The number of nitrogens with two attached hydrogens (primary N) is 1. The summed E-state index contributed by atoms with van der Waals surface area (Å²) < 4.78 is 9.23. The summed E-state index contributed by atoms with van der Waals surface area (Å²) in [7, 11) is 1.60. The Morgan fingerprint density at radius 2 is 2.38 bits per heavy atom. The zero-order valence-corrected chi connectivity index (χ0v) is 10.7. The fourth-order valence-corrected chi connectivity index (χ4v) is 2.88. The molecule has 0 saturated carbocycles. The normalized spacial score (nSPS) is 10.4. The van der Waals surface area contributed by atoms with Gasteiger partial charge in [-0.1, -0.05) is 0 Å². The fourth-order valence-electron chi connectivity index (χ4n) is 1.35. The number of methoxy groups -OCH3 is 1. The Kier molecular flexibility index (Phi) is 3.31. The first kappa shape index (κ1) is 11.2. The number of hydrogen-bond acceptors (Lipinski definition) is 6. The molecule has 86 valence electrons. The van der Waals surface area contributed by atoms with E-state index in [1.165, 1.54) is 22.0 Å². The summed E-state index contributed by atoms with van der Waals surface area (Å²) in [5.74, 6) is 1.08. The van der Waals surface area contributed by atoms with Crippen LogP contribution < -0.4 is 15.8 Å². The minimum atomic E-state index is 0.443. The lowest BCUT2D eigenvalue weighted by molar-refractivity contribution is 0.419. The third-order valence-corrected chi connectivity index (χ3v) is 4.08.